The first-order valence-electron chi connectivity index (χ1n) is 4.87. The molecule has 0 spiro atoms. The summed E-state index contributed by atoms with van der Waals surface area (Å²) >= 11 is 1.48. The minimum absolute atomic E-state index is 0.158. The normalized spacial score (nSPS) is 10.6. The molecule has 0 saturated carbocycles. The monoisotopic (exact) mass is 237 g/mol. The van der Waals surface area contributed by atoms with Crippen molar-refractivity contribution in [1.29, 1.82) is 0 Å². The standard InChI is InChI=1S/C11H12N2O2S/c1-7-3-4-8-9(5-7)16-11(12)13(8)6-10(14)15-2/h3-5,12H,6H2,1-2H3/p+1. The SMILES string of the molecule is COC(=O)C[n+]1c(N)sc2cc(C)ccc21. The lowest BCUT2D eigenvalue weighted by molar-refractivity contribution is -0.641. The lowest BCUT2D eigenvalue weighted by Crippen LogP contribution is -2.39. The summed E-state index contributed by atoms with van der Waals surface area (Å²) in [6, 6.07) is 6.03. The van der Waals surface area contributed by atoms with Crippen molar-refractivity contribution in [2.24, 2.45) is 0 Å². The van der Waals surface area contributed by atoms with Crippen LogP contribution in [-0.4, -0.2) is 13.1 Å². The molecule has 4 nitrogen and oxygen atoms in total. The number of thiazole rings is 1. The van der Waals surface area contributed by atoms with E-state index in [0.29, 0.717) is 5.13 Å². The van der Waals surface area contributed by atoms with Crippen molar-refractivity contribution in [2.45, 2.75) is 13.5 Å². The number of carbonyl (C=O) groups is 1. The number of ether oxygens (including phenoxy) is 1. The largest absolute Gasteiger partial charge is 0.466 e. The van der Waals surface area contributed by atoms with E-state index in [4.69, 9.17) is 5.73 Å². The van der Waals surface area contributed by atoms with Gasteiger partial charge in [0.05, 0.1) is 11.8 Å². The first-order valence-corrected chi connectivity index (χ1v) is 5.68. The van der Waals surface area contributed by atoms with Crippen LogP contribution in [0.25, 0.3) is 10.2 Å². The van der Waals surface area contributed by atoms with Gasteiger partial charge in [-0.05, 0) is 36.0 Å². The molecule has 0 aliphatic rings. The summed E-state index contributed by atoms with van der Waals surface area (Å²) in [7, 11) is 1.37. The Morgan fingerprint density at radius 2 is 2.31 bits per heavy atom. The fraction of sp³-hybridized carbons (Fsp3) is 0.273. The van der Waals surface area contributed by atoms with Gasteiger partial charge >= 0.3 is 11.1 Å². The van der Waals surface area contributed by atoms with E-state index in [1.54, 1.807) is 4.57 Å². The van der Waals surface area contributed by atoms with E-state index in [-0.39, 0.29) is 12.5 Å². The Morgan fingerprint density at radius 1 is 1.56 bits per heavy atom. The Bertz CT molecular complexity index is 548. The quantitative estimate of drug-likeness (QED) is 0.632. The minimum Gasteiger partial charge on any atom is -0.466 e. The fourth-order valence-corrected chi connectivity index (χ4v) is 2.60. The van der Waals surface area contributed by atoms with Gasteiger partial charge in [0.2, 0.25) is 0 Å². The molecule has 0 unspecified atom stereocenters. The highest BCUT2D eigenvalue weighted by molar-refractivity contribution is 7.21. The number of rotatable bonds is 2. The second kappa shape index (κ2) is 4.09. The number of aromatic nitrogens is 1. The number of nitrogen functional groups attached to an aromatic ring is 1. The Kier molecular flexibility index (Phi) is 2.78. The molecule has 0 radical (unpaired) electrons. The van der Waals surface area contributed by atoms with E-state index in [1.165, 1.54) is 24.0 Å². The molecule has 5 heteroatoms. The van der Waals surface area contributed by atoms with E-state index >= 15 is 0 Å². The van der Waals surface area contributed by atoms with E-state index < -0.39 is 0 Å². The molecule has 84 valence electrons. The molecule has 2 rings (SSSR count). The molecule has 0 atom stereocenters. The number of esters is 1. The van der Waals surface area contributed by atoms with Crippen LogP contribution in [0.4, 0.5) is 5.13 Å². The van der Waals surface area contributed by atoms with Crippen molar-refractivity contribution in [3.05, 3.63) is 23.8 Å². The number of nitrogens with zero attached hydrogens (tertiary/aromatic N) is 1. The Labute approximate surface area is 97.3 Å². The fourth-order valence-electron chi connectivity index (χ4n) is 1.57. The average Bonchev–Trinajstić information content (AvgIpc) is 2.54. The third-order valence-electron chi connectivity index (χ3n) is 2.40. The summed E-state index contributed by atoms with van der Waals surface area (Å²) in [6.07, 6.45) is 0. The first kappa shape index (κ1) is 10.9. The number of aryl methyl sites for hydroxylation is 1. The molecule has 2 N–H and O–H groups in total. The zero-order chi connectivity index (χ0) is 11.7. The Balaban J connectivity index is 2.52. The number of methoxy groups -OCH3 is 1. The molecule has 0 aliphatic heterocycles. The highest BCUT2D eigenvalue weighted by Crippen LogP contribution is 2.22. The number of carbonyl (C=O) groups excluding carboxylic acids is 1. The number of anilines is 1. The molecule has 2 aromatic rings. The van der Waals surface area contributed by atoms with Gasteiger partial charge < -0.3 is 4.74 Å². The zero-order valence-corrected chi connectivity index (χ0v) is 10.0. The van der Waals surface area contributed by atoms with Crippen molar-refractivity contribution in [3.63, 3.8) is 0 Å². The molecule has 0 bridgehead atoms. The van der Waals surface area contributed by atoms with Gasteiger partial charge in [-0.1, -0.05) is 6.07 Å². The number of nitrogens with two attached hydrogens (primary N) is 1. The predicted molar refractivity (Wildman–Crippen MR) is 63.2 cm³/mol. The Morgan fingerprint density at radius 3 is 3.00 bits per heavy atom. The highest BCUT2D eigenvalue weighted by Gasteiger charge is 2.17. The zero-order valence-electron chi connectivity index (χ0n) is 9.19. The summed E-state index contributed by atoms with van der Waals surface area (Å²) in [5.74, 6) is -0.294. The first-order chi connectivity index (χ1) is 7.61. The molecular formula is C11H13N2O2S+. The van der Waals surface area contributed by atoms with Gasteiger partial charge in [0, 0.05) is 0 Å². The predicted octanol–water partition coefficient (Wildman–Crippen LogP) is 1.25. The van der Waals surface area contributed by atoms with Crippen LogP contribution in [0, 0.1) is 6.92 Å². The maximum atomic E-state index is 11.2. The van der Waals surface area contributed by atoms with Crippen LogP contribution >= 0.6 is 11.3 Å². The highest BCUT2D eigenvalue weighted by atomic mass is 32.1. The summed E-state index contributed by atoms with van der Waals surface area (Å²) in [6.45, 7) is 2.19. The van der Waals surface area contributed by atoms with Gasteiger partial charge in [-0.25, -0.2) is 9.36 Å². The third kappa shape index (κ3) is 1.86. The molecule has 0 saturated heterocycles. The molecule has 0 aliphatic carbocycles. The summed E-state index contributed by atoms with van der Waals surface area (Å²) in [5, 5.41) is 0.617. The lowest BCUT2D eigenvalue weighted by atomic mass is 10.2. The van der Waals surface area contributed by atoms with Crippen LogP contribution in [0.2, 0.25) is 0 Å². The van der Waals surface area contributed by atoms with Gasteiger partial charge in [-0.3, -0.25) is 5.73 Å². The number of fused-ring (bicyclic) bond motifs is 1. The van der Waals surface area contributed by atoms with Crippen LogP contribution in [0.15, 0.2) is 18.2 Å². The number of hydrogen-bond donors (Lipinski definition) is 1. The molecule has 0 fully saturated rings. The van der Waals surface area contributed by atoms with Crippen molar-refractivity contribution in [3.8, 4) is 0 Å². The Hall–Kier alpha value is -1.62. The van der Waals surface area contributed by atoms with Crippen LogP contribution < -0.4 is 10.3 Å². The topological polar surface area (TPSA) is 56.2 Å². The van der Waals surface area contributed by atoms with Gasteiger partial charge in [-0.2, -0.15) is 0 Å². The molecular weight excluding hydrogens is 224 g/mol. The van der Waals surface area contributed by atoms with Crippen LogP contribution in [0.3, 0.4) is 0 Å². The molecule has 0 amide bonds. The van der Waals surface area contributed by atoms with Crippen molar-refractivity contribution in [1.82, 2.24) is 0 Å². The van der Waals surface area contributed by atoms with E-state index in [0.717, 1.165) is 10.2 Å². The lowest BCUT2D eigenvalue weighted by Gasteiger charge is -1.98. The smallest absolute Gasteiger partial charge is 0.348 e. The second-order valence-corrected chi connectivity index (χ2v) is 4.64. The van der Waals surface area contributed by atoms with Gasteiger partial charge in [-0.15, -0.1) is 0 Å². The van der Waals surface area contributed by atoms with Crippen LogP contribution in [0.5, 0.6) is 0 Å². The minimum atomic E-state index is -0.294. The van der Waals surface area contributed by atoms with Crippen molar-refractivity contribution < 1.29 is 14.1 Å². The number of hydrogen-bond acceptors (Lipinski definition) is 4. The van der Waals surface area contributed by atoms with Crippen molar-refractivity contribution in [2.75, 3.05) is 12.8 Å². The summed E-state index contributed by atoms with van der Waals surface area (Å²) < 4.78 is 7.49. The van der Waals surface area contributed by atoms with E-state index in [9.17, 15) is 4.79 Å². The van der Waals surface area contributed by atoms with Crippen LogP contribution in [0.1, 0.15) is 5.56 Å². The van der Waals surface area contributed by atoms with Crippen molar-refractivity contribution >= 4 is 32.7 Å². The maximum absolute atomic E-state index is 11.2. The molecule has 1 aromatic heterocycles. The molecule has 16 heavy (non-hydrogen) atoms. The van der Waals surface area contributed by atoms with Gasteiger partial charge in [0.1, 0.15) is 5.52 Å². The van der Waals surface area contributed by atoms with Crippen LogP contribution in [-0.2, 0) is 16.1 Å². The second-order valence-electron chi connectivity index (χ2n) is 3.57. The van der Waals surface area contributed by atoms with E-state index in [2.05, 4.69) is 10.8 Å². The number of benzene rings is 1. The van der Waals surface area contributed by atoms with E-state index in [1.807, 2.05) is 19.1 Å². The summed E-state index contributed by atoms with van der Waals surface area (Å²) in [4.78, 5) is 11.2. The molecule has 1 heterocycles. The average molecular weight is 237 g/mol. The van der Waals surface area contributed by atoms with Gasteiger partial charge in [0.25, 0.3) is 0 Å². The summed E-state index contributed by atoms with van der Waals surface area (Å²) in [5.41, 5.74) is 8.03. The maximum Gasteiger partial charge on any atom is 0.348 e. The third-order valence-corrected chi connectivity index (χ3v) is 3.38. The van der Waals surface area contributed by atoms with Gasteiger partial charge in [0.15, 0.2) is 6.54 Å². The molecule has 1 aromatic carbocycles.